The molecule has 1 amide bonds. The Hall–Kier alpha value is -2.64. The number of carbonyl (C=O) groups is 2. The lowest BCUT2D eigenvalue weighted by Crippen LogP contribution is -2.20. The summed E-state index contributed by atoms with van der Waals surface area (Å²) in [6, 6.07) is 2.33. The molecule has 20 heavy (non-hydrogen) atoms. The summed E-state index contributed by atoms with van der Waals surface area (Å²) < 4.78 is 10.3. The lowest BCUT2D eigenvalue weighted by molar-refractivity contribution is -0.385. The smallest absolute Gasteiger partial charge is 0.283 e. The highest BCUT2D eigenvalue weighted by Crippen LogP contribution is 2.34. The van der Waals surface area contributed by atoms with Gasteiger partial charge >= 0.3 is 0 Å². The quantitative estimate of drug-likeness (QED) is 0.453. The van der Waals surface area contributed by atoms with Crippen molar-refractivity contribution in [3.8, 4) is 11.5 Å². The van der Waals surface area contributed by atoms with Crippen molar-refractivity contribution >= 4 is 17.9 Å². The highest BCUT2D eigenvalue weighted by atomic mass is 16.6. The molecule has 0 fully saturated rings. The first-order valence-corrected chi connectivity index (χ1v) is 5.68. The van der Waals surface area contributed by atoms with Crippen LogP contribution >= 0.6 is 0 Å². The van der Waals surface area contributed by atoms with Crippen molar-refractivity contribution in [1.82, 2.24) is 5.32 Å². The Kier molecular flexibility index (Phi) is 5.45. The van der Waals surface area contributed by atoms with E-state index in [2.05, 4.69) is 5.32 Å². The minimum absolute atomic E-state index is 0.0353. The third-order valence-corrected chi connectivity index (χ3v) is 2.50. The summed E-state index contributed by atoms with van der Waals surface area (Å²) in [6.07, 6.45) is 0.470. The largest absolute Gasteiger partial charge is 0.493 e. The Morgan fingerprint density at radius 3 is 2.65 bits per heavy atom. The number of amides is 1. The number of benzene rings is 1. The van der Waals surface area contributed by atoms with Crippen LogP contribution in [0.3, 0.4) is 0 Å². The van der Waals surface area contributed by atoms with Crippen LogP contribution in [0.1, 0.15) is 16.8 Å². The number of methoxy groups -OCH3 is 1. The molecular weight excluding hydrogens is 268 g/mol. The normalized spacial score (nSPS) is 9.70. The van der Waals surface area contributed by atoms with Crippen LogP contribution in [0, 0.1) is 10.1 Å². The average Bonchev–Trinajstić information content (AvgIpc) is 2.46. The molecule has 0 saturated carbocycles. The molecule has 0 aliphatic rings. The van der Waals surface area contributed by atoms with Crippen LogP contribution < -0.4 is 14.8 Å². The van der Waals surface area contributed by atoms with Gasteiger partial charge in [0, 0.05) is 13.1 Å². The zero-order valence-corrected chi connectivity index (χ0v) is 11.0. The summed E-state index contributed by atoms with van der Waals surface area (Å²) in [5.41, 5.74) is -0.485. The molecule has 0 bridgehead atoms. The van der Waals surface area contributed by atoms with E-state index in [1.54, 1.807) is 0 Å². The maximum atomic E-state index is 11.1. The van der Waals surface area contributed by atoms with Crippen molar-refractivity contribution in [2.45, 2.75) is 6.42 Å². The number of nitrogens with one attached hydrogen (secondary N) is 1. The molecule has 0 aliphatic heterocycles. The van der Waals surface area contributed by atoms with Gasteiger partial charge in [0.1, 0.15) is 0 Å². The molecule has 0 aromatic heterocycles. The molecule has 0 spiro atoms. The summed E-state index contributed by atoms with van der Waals surface area (Å²) in [4.78, 5) is 32.0. The topological polar surface area (TPSA) is 108 Å². The number of hydrogen-bond acceptors (Lipinski definition) is 6. The molecule has 1 rings (SSSR count). The number of aldehydes is 1. The number of nitro benzene ring substituents is 1. The molecule has 8 heteroatoms. The Labute approximate surface area is 114 Å². The highest BCUT2D eigenvalue weighted by Gasteiger charge is 2.19. The fraction of sp³-hybridized carbons (Fsp3) is 0.333. The zero-order chi connectivity index (χ0) is 15.1. The average molecular weight is 282 g/mol. The second kappa shape index (κ2) is 7.07. The van der Waals surface area contributed by atoms with Crippen molar-refractivity contribution in [1.29, 1.82) is 0 Å². The predicted molar refractivity (Wildman–Crippen MR) is 69.2 cm³/mol. The fourth-order valence-electron chi connectivity index (χ4n) is 1.47. The van der Waals surface area contributed by atoms with Crippen LogP contribution in [0.5, 0.6) is 11.5 Å². The second-order valence-electron chi connectivity index (χ2n) is 3.71. The summed E-state index contributed by atoms with van der Waals surface area (Å²) in [7, 11) is 2.84. The van der Waals surface area contributed by atoms with Crippen LogP contribution in [0.25, 0.3) is 0 Å². The first kappa shape index (κ1) is 15.4. The molecule has 1 N–H and O–H groups in total. The van der Waals surface area contributed by atoms with Gasteiger partial charge in [-0.3, -0.25) is 19.7 Å². The van der Waals surface area contributed by atoms with Crippen molar-refractivity contribution in [3.05, 3.63) is 27.8 Å². The van der Waals surface area contributed by atoms with Gasteiger partial charge in [-0.25, -0.2) is 0 Å². The Morgan fingerprint density at radius 2 is 2.15 bits per heavy atom. The Morgan fingerprint density at radius 1 is 1.45 bits per heavy atom. The molecular formula is C12H14N2O6. The maximum absolute atomic E-state index is 11.1. The number of ether oxygens (including phenoxy) is 2. The number of nitrogens with zero attached hydrogens (tertiary/aromatic N) is 1. The third kappa shape index (κ3) is 3.67. The summed E-state index contributed by atoms with van der Waals surface area (Å²) in [6.45, 7) is 0.0353. The van der Waals surface area contributed by atoms with E-state index in [9.17, 15) is 19.7 Å². The van der Waals surface area contributed by atoms with E-state index >= 15 is 0 Å². The first-order valence-electron chi connectivity index (χ1n) is 5.68. The molecule has 108 valence electrons. The van der Waals surface area contributed by atoms with E-state index in [1.807, 2.05) is 0 Å². The van der Waals surface area contributed by atoms with E-state index < -0.39 is 4.92 Å². The number of carbonyl (C=O) groups excluding carboxylic acids is 2. The SMILES string of the molecule is CNC(=O)CCOc1cc([N+](=O)[O-])c(C=O)cc1OC. The summed E-state index contributed by atoms with van der Waals surface area (Å²) in [5, 5.41) is 13.3. The van der Waals surface area contributed by atoms with Gasteiger partial charge in [0.05, 0.1) is 36.7 Å². The monoisotopic (exact) mass is 282 g/mol. The molecule has 0 saturated heterocycles. The minimum Gasteiger partial charge on any atom is -0.493 e. The summed E-state index contributed by atoms with van der Waals surface area (Å²) >= 11 is 0. The van der Waals surface area contributed by atoms with Gasteiger partial charge in [0.15, 0.2) is 17.8 Å². The maximum Gasteiger partial charge on any atom is 0.283 e. The van der Waals surface area contributed by atoms with Gasteiger partial charge in [-0.05, 0) is 0 Å². The van der Waals surface area contributed by atoms with Crippen LogP contribution in [0.4, 0.5) is 5.69 Å². The number of hydrogen-bond donors (Lipinski definition) is 1. The first-order chi connectivity index (χ1) is 9.53. The van der Waals surface area contributed by atoms with Crippen molar-refractivity contribution < 1.29 is 24.0 Å². The van der Waals surface area contributed by atoms with Crippen molar-refractivity contribution in [3.63, 3.8) is 0 Å². The molecule has 0 atom stereocenters. The second-order valence-corrected chi connectivity index (χ2v) is 3.71. The van der Waals surface area contributed by atoms with Gasteiger partial charge in [-0.2, -0.15) is 0 Å². The molecule has 8 nitrogen and oxygen atoms in total. The van der Waals surface area contributed by atoms with Crippen molar-refractivity contribution in [2.75, 3.05) is 20.8 Å². The summed E-state index contributed by atoms with van der Waals surface area (Å²) in [5.74, 6) is 0.0753. The third-order valence-electron chi connectivity index (χ3n) is 2.50. The van der Waals surface area contributed by atoms with E-state index in [0.29, 0.717) is 6.29 Å². The zero-order valence-electron chi connectivity index (χ0n) is 11.0. The van der Waals surface area contributed by atoms with Gasteiger partial charge in [0.2, 0.25) is 5.91 Å². The van der Waals surface area contributed by atoms with Crippen LogP contribution in [0.2, 0.25) is 0 Å². The minimum atomic E-state index is -0.686. The molecule has 0 heterocycles. The molecule has 1 aromatic rings. The molecule has 0 aliphatic carbocycles. The van der Waals surface area contributed by atoms with E-state index in [0.717, 1.165) is 6.07 Å². The van der Waals surface area contributed by atoms with E-state index in [-0.39, 0.29) is 41.7 Å². The van der Waals surface area contributed by atoms with Gasteiger partial charge < -0.3 is 14.8 Å². The molecule has 0 radical (unpaired) electrons. The van der Waals surface area contributed by atoms with Crippen LogP contribution in [0.15, 0.2) is 12.1 Å². The Bertz CT molecular complexity index is 529. The predicted octanol–water partition coefficient (Wildman–Crippen LogP) is 0.931. The Balaban J connectivity index is 2.99. The highest BCUT2D eigenvalue weighted by molar-refractivity contribution is 5.83. The number of nitro groups is 1. The van der Waals surface area contributed by atoms with Crippen LogP contribution in [-0.4, -0.2) is 37.9 Å². The van der Waals surface area contributed by atoms with E-state index in [4.69, 9.17) is 9.47 Å². The molecule has 1 aromatic carbocycles. The van der Waals surface area contributed by atoms with E-state index in [1.165, 1.54) is 20.2 Å². The lowest BCUT2D eigenvalue weighted by Gasteiger charge is -2.11. The van der Waals surface area contributed by atoms with Gasteiger partial charge in [-0.15, -0.1) is 0 Å². The number of rotatable bonds is 7. The standard InChI is InChI=1S/C12H14N2O6/c1-13-12(16)3-4-20-11-6-9(14(17)18)8(7-15)5-10(11)19-2/h5-7H,3-4H2,1-2H3,(H,13,16). The lowest BCUT2D eigenvalue weighted by atomic mass is 10.1. The van der Waals surface area contributed by atoms with Crippen molar-refractivity contribution in [2.24, 2.45) is 0 Å². The fourth-order valence-corrected chi connectivity index (χ4v) is 1.47. The molecule has 0 unspecified atom stereocenters. The van der Waals surface area contributed by atoms with Gasteiger partial charge in [-0.1, -0.05) is 0 Å². The van der Waals surface area contributed by atoms with Crippen LogP contribution in [-0.2, 0) is 4.79 Å². The van der Waals surface area contributed by atoms with Gasteiger partial charge in [0.25, 0.3) is 5.69 Å².